The molecular weight excluding hydrogens is 764 g/mol. The van der Waals surface area contributed by atoms with Gasteiger partial charge >= 0.3 is 12.1 Å². The summed E-state index contributed by atoms with van der Waals surface area (Å²) in [4.78, 5) is 74.9. The number of rotatable bonds is 6. The number of phenolic OH excluding ortho intramolecular Hbond substituents is 1. The van der Waals surface area contributed by atoms with Crippen LogP contribution < -0.4 is 10.3 Å². The summed E-state index contributed by atoms with van der Waals surface area (Å²) in [5.41, 5.74) is 0.907. The lowest BCUT2D eigenvalue weighted by Gasteiger charge is -2.50. The molecule has 4 aromatic rings. The second-order valence-corrected chi connectivity index (χ2v) is 14.7. The van der Waals surface area contributed by atoms with E-state index in [0.717, 1.165) is 4.90 Å². The molecule has 2 aliphatic carbocycles. The smallest absolute Gasteiger partial charge is 0.417 e. The number of nitrogens with zero attached hydrogens (tertiary/aromatic N) is 3. The number of hydrazine groups is 1. The summed E-state index contributed by atoms with van der Waals surface area (Å²) >= 11 is 12.5. The number of halogens is 5. The predicted molar refractivity (Wildman–Crippen MR) is 191 cm³/mol. The van der Waals surface area contributed by atoms with Gasteiger partial charge in [0.15, 0.2) is 5.82 Å². The number of carboxylic acids is 1. The van der Waals surface area contributed by atoms with Crippen molar-refractivity contribution in [3.8, 4) is 5.75 Å². The zero-order chi connectivity index (χ0) is 39.1. The van der Waals surface area contributed by atoms with Crippen LogP contribution in [0, 0.1) is 23.7 Å². The van der Waals surface area contributed by atoms with Crippen molar-refractivity contribution in [2.45, 2.75) is 30.4 Å². The van der Waals surface area contributed by atoms with Gasteiger partial charge in [0.05, 0.1) is 45.0 Å². The molecule has 4 amide bonds. The van der Waals surface area contributed by atoms with Gasteiger partial charge < -0.3 is 10.2 Å². The number of pyridine rings is 1. The minimum absolute atomic E-state index is 0.0715. The number of aromatic hydroxyl groups is 1. The third kappa shape index (κ3) is 5.57. The molecule has 8 rings (SSSR count). The van der Waals surface area contributed by atoms with Crippen molar-refractivity contribution in [1.29, 1.82) is 0 Å². The highest BCUT2D eigenvalue weighted by Gasteiger charge is 2.70. The summed E-state index contributed by atoms with van der Waals surface area (Å²) in [6.45, 7) is 0. The van der Waals surface area contributed by atoms with E-state index in [9.17, 15) is 42.6 Å². The van der Waals surface area contributed by atoms with Gasteiger partial charge in [-0.25, -0.2) is 9.78 Å². The van der Waals surface area contributed by atoms with E-state index < -0.39 is 87.2 Å². The highest BCUT2D eigenvalue weighted by molar-refractivity contribution is 6.33. The Morgan fingerprint density at radius 3 is 2.31 bits per heavy atom. The van der Waals surface area contributed by atoms with E-state index in [-0.39, 0.29) is 29.8 Å². The average Bonchev–Trinajstić information content (AvgIpc) is 3.52. The van der Waals surface area contributed by atoms with Crippen LogP contribution in [-0.2, 0) is 30.8 Å². The van der Waals surface area contributed by atoms with Crippen molar-refractivity contribution in [1.82, 2.24) is 9.99 Å². The molecular formula is C39H27Cl2F3N4O7. The maximum Gasteiger partial charge on any atom is 0.417 e. The molecule has 0 bridgehead atoms. The molecule has 2 aliphatic heterocycles. The molecule has 11 nitrogen and oxygen atoms in total. The first kappa shape index (κ1) is 36.3. The molecule has 3 fully saturated rings. The van der Waals surface area contributed by atoms with Crippen LogP contribution in [0.2, 0.25) is 10.0 Å². The number of anilines is 2. The summed E-state index contributed by atoms with van der Waals surface area (Å²) in [5, 5.41) is 20.8. The molecule has 3 heterocycles. The number of phenols is 1. The van der Waals surface area contributed by atoms with Gasteiger partial charge in [0.2, 0.25) is 11.8 Å². The molecule has 1 aromatic heterocycles. The molecule has 0 spiro atoms. The normalized spacial score (nSPS) is 26.1. The summed E-state index contributed by atoms with van der Waals surface area (Å²) in [5.74, 6) is -9.53. The van der Waals surface area contributed by atoms with Gasteiger partial charge in [-0.15, -0.1) is 0 Å². The van der Waals surface area contributed by atoms with Crippen molar-refractivity contribution in [3.63, 3.8) is 0 Å². The number of amides is 4. The lowest BCUT2D eigenvalue weighted by atomic mass is 9.49. The first-order valence-corrected chi connectivity index (χ1v) is 17.7. The van der Waals surface area contributed by atoms with E-state index in [1.165, 1.54) is 36.4 Å². The maximum absolute atomic E-state index is 15.2. The number of hydrogen-bond donors (Lipinski definition) is 3. The molecule has 0 unspecified atom stereocenters. The third-order valence-corrected chi connectivity index (χ3v) is 11.7. The fourth-order valence-electron chi connectivity index (χ4n) is 8.89. The fourth-order valence-corrected chi connectivity index (χ4v) is 9.23. The third-order valence-electron chi connectivity index (χ3n) is 11.1. The number of carbonyl (C=O) groups excluding carboxylic acids is 4. The van der Waals surface area contributed by atoms with Crippen LogP contribution in [0.5, 0.6) is 5.75 Å². The summed E-state index contributed by atoms with van der Waals surface area (Å²) in [7, 11) is 0. The zero-order valence-electron chi connectivity index (χ0n) is 28.1. The van der Waals surface area contributed by atoms with E-state index in [0.29, 0.717) is 39.0 Å². The summed E-state index contributed by atoms with van der Waals surface area (Å²) in [6.07, 6.45) is -2.52. The molecule has 3 N–H and O–H groups in total. The number of aromatic carboxylic acids is 1. The Bertz CT molecular complexity index is 2370. The molecule has 2 saturated heterocycles. The average molecular weight is 792 g/mol. The van der Waals surface area contributed by atoms with Crippen LogP contribution in [0.3, 0.4) is 0 Å². The molecule has 1 saturated carbocycles. The molecule has 55 heavy (non-hydrogen) atoms. The van der Waals surface area contributed by atoms with Gasteiger partial charge in [0.1, 0.15) is 5.75 Å². The topological polar surface area (TPSA) is 157 Å². The van der Waals surface area contributed by atoms with Crippen molar-refractivity contribution < 1.29 is 47.4 Å². The van der Waals surface area contributed by atoms with Gasteiger partial charge in [-0.1, -0.05) is 65.2 Å². The van der Waals surface area contributed by atoms with Gasteiger partial charge in [-0.05, 0) is 78.4 Å². The van der Waals surface area contributed by atoms with Gasteiger partial charge in [-0.2, -0.15) is 18.2 Å². The quantitative estimate of drug-likeness (QED) is 0.138. The van der Waals surface area contributed by atoms with E-state index in [2.05, 4.69) is 10.4 Å². The Morgan fingerprint density at radius 2 is 1.64 bits per heavy atom. The largest absolute Gasteiger partial charge is 0.508 e. The first-order valence-electron chi connectivity index (χ1n) is 17.0. The lowest BCUT2D eigenvalue weighted by molar-refractivity contribution is -0.139. The number of allylic oxidation sites excluding steroid dienone is 2. The Labute approximate surface area is 319 Å². The zero-order valence-corrected chi connectivity index (χ0v) is 29.6. The van der Waals surface area contributed by atoms with Crippen LogP contribution in [-0.4, -0.2) is 49.8 Å². The second kappa shape index (κ2) is 12.9. The molecule has 6 atom stereocenters. The van der Waals surface area contributed by atoms with Crippen molar-refractivity contribution >= 4 is 64.3 Å². The van der Waals surface area contributed by atoms with Crippen molar-refractivity contribution in [2.24, 2.45) is 23.7 Å². The number of imide groups is 2. The highest BCUT2D eigenvalue weighted by Crippen LogP contribution is 2.64. The van der Waals surface area contributed by atoms with Crippen LogP contribution in [0.15, 0.2) is 96.7 Å². The summed E-state index contributed by atoms with van der Waals surface area (Å²) in [6, 6.07) is 18.4. The maximum atomic E-state index is 15.2. The van der Waals surface area contributed by atoms with Crippen LogP contribution in [0.4, 0.5) is 24.7 Å². The Kier molecular flexibility index (Phi) is 8.54. The number of nitrogens with one attached hydrogen (secondary N) is 1. The van der Waals surface area contributed by atoms with E-state index in [1.54, 1.807) is 42.5 Å². The minimum Gasteiger partial charge on any atom is -0.508 e. The Balaban J connectivity index is 1.29. The van der Waals surface area contributed by atoms with Gasteiger partial charge in [-0.3, -0.25) is 29.5 Å². The number of fused-ring (bicyclic) bond motifs is 4. The minimum atomic E-state index is -4.77. The second-order valence-electron chi connectivity index (χ2n) is 13.9. The monoisotopic (exact) mass is 790 g/mol. The highest BCUT2D eigenvalue weighted by atomic mass is 35.5. The molecule has 4 aliphatic rings. The molecule has 16 heteroatoms. The van der Waals surface area contributed by atoms with Crippen LogP contribution >= 0.6 is 23.2 Å². The Morgan fingerprint density at radius 1 is 0.909 bits per heavy atom. The predicted octanol–water partition coefficient (Wildman–Crippen LogP) is 7.00. The number of aromatic nitrogens is 1. The number of hydrogen-bond acceptors (Lipinski definition) is 8. The Hall–Kier alpha value is -5.73. The van der Waals surface area contributed by atoms with Gasteiger partial charge in [0, 0.05) is 17.1 Å². The van der Waals surface area contributed by atoms with E-state index in [1.807, 2.05) is 0 Å². The fraction of sp³-hybridized carbons (Fsp3) is 0.231. The molecule has 280 valence electrons. The number of carbonyl (C=O) groups is 5. The molecule has 3 aromatic carbocycles. The number of alkyl halides is 3. The van der Waals surface area contributed by atoms with Crippen molar-refractivity contribution in [3.05, 3.63) is 129 Å². The SMILES string of the molecule is O=C(O)c1cccc(N2C(=O)[C@H]3[C@H](CC=C4[C@H]3C[C@H]3C(=O)N(Nc5ncc(C(F)(F)F)cc5Cl)C(=O)[C@@]3(c3ccc(Cl)cc3)[C@H]4c3cccc(O)c3)C2=O)c1. The van der Waals surface area contributed by atoms with E-state index >= 15 is 4.79 Å². The number of carboxylic acid groups (broad SMARTS) is 1. The lowest BCUT2D eigenvalue weighted by Crippen LogP contribution is -2.53. The standard InChI is InChI=1S/C39H27Cl2F3N4O7/c40-22-9-7-20(8-10-22)38-28(34(51)48(37(38)55)46-32-29(41)15-21(17-45-32)39(42,43)44)16-27-25(31(38)18-3-2-6-24(49)14-18)11-12-26-30(27)35(52)47(33(26)50)23-5-1-4-19(13-23)36(53)54/h1-11,13-15,17,26-28,30-31,49H,12,16H2,(H,45,46)(H,53,54)/t26-,27+,28-,30-,31-,38+/m0/s1. The van der Waals surface area contributed by atoms with Crippen LogP contribution in [0.1, 0.15) is 45.8 Å². The summed E-state index contributed by atoms with van der Waals surface area (Å²) < 4.78 is 40.3. The van der Waals surface area contributed by atoms with E-state index in [4.69, 9.17) is 23.2 Å². The van der Waals surface area contributed by atoms with Gasteiger partial charge in [0.25, 0.3) is 11.8 Å². The molecule has 0 radical (unpaired) electrons. The number of benzene rings is 3. The van der Waals surface area contributed by atoms with Crippen LogP contribution in [0.25, 0.3) is 0 Å². The van der Waals surface area contributed by atoms with Crippen molar-refractivity contribution in [2.75, 3.05) is 10.3 Å². The first-order chi connectivity index (χ1) is 26.1.